The number of hydrogen-bond acceptors (Lipinski definition) is 3. The summed E-state index contributed by atoms with van der Waals surface area (Å²) < 4.78 is 0. The number of benzene rings is 2. The van der Waals surface area contributed by atoms with Gasteiger partial charge in [-0.15, -0.1) is 0 Å². The van der Waals surface area contributed by atoms with Crippen molar-refractivity contribution in [1.29, 1.82) is 0 Å². The second kappa shape index (κ2) is 9.20. The normalized spacial score (nSPS) is 10.7. The quantitative estimate of drug-likeness (QED) is 0.585. The Labute approximate surface area is 156 Å². The Morgan fingerprint density at radius 3 is 2.40 bits per heavy atom. The van der Waals surface area contributed by atoms with Gasteiger partial charge in [-0.3, -0.25) is 9.59 Å². The maximum Gasteiger partial charge on any atom is 0.240 e. The number of rotatable bonds is 6. The molecular formula is C18H17Cl2N3O2. The summed E-state index contributed by atoms with van der Waals surface area (Å²) in [4.78, 5) is 23.6. The highest BCUT2D eigenvalue weighted by molar-refractivity contribution is 6.31. The van der Waals surface area contributed by atoms with E-state index in [1.165, 1.54) is 6.21 Å². The first-order valence-electron chi connectivity index (χ1n) is 7.57. The smallest absolute Gasteiger partial charge is 0.240 e. The van der Waals surface area contributed by atoms with E-state index in [4.69, 9.17) is 23.2 Å². The molecule has 0 spiro atoms. The van der Waals surface area contributed by atoms with Crippen LogP contribution in [0.1, 0.15) is 24.0 Å². The lowest BCUT2D eigenvalue weighted by molar-refractivity contribution is -0.124. The van der Waals surface area contributed by atoms with Crippen LogP contribution < -0.4 is 10.7 Å². The third-order valence-electron chi connectivity index (χ3n) is 3.31. The average Bonchev–Trinajstić information content (AvgIpc) is 2.58. The van der Waals surface area contributed by atoms with Crippen LogP contribution in [0.5, 0.6) is 0 Å². The fourth-order valence-electron chi connectivity index (χ4n) is 1.90. The lowest BCUT2D eigenvalue weighted by Gasteiger charge is -2.06. The fraction of sp³-hybridized carbons (Fsp3) is 0.167. The average molecular weight is 378 g/mol. The van der Waals surface area contributed by atoms with Crippen LogP contribution in [0.2, 0.25) is 10.0 Å². The summed E-state index contributed by atoms with van der Waals surface area (Å²) in [6.07, 6.45) is 1.58. The van der Waals surface area contributed by atoms with Gasteiger partial charge in [0.15, 0.2) is 0 Å². The van der Waals surface area contributed by atoms with Crippen LogP contribution >= 0.6 is 23.2 Å². The Morgan fingerprint density at radius 2 is 1.72 bits per heavy atom. The summed E-state index contributed by atoms with van der Waals surface area (Å²) in [7, 11) is 0. The van der Waals surface area contributed by atoms with Gasteiger partial charge in [0.2, 0.25) is 11.8 Å². The second-order valence-corrected chi connectivity index (χ2v) is 6.20. The highest BCUT2D eigenvalue weighted by Crippen LogP contribution is 2.20. The first kappa shape index (κ1) is 19.0. The highest BCUT2D eigenvalue weighted by atomic mass is 35.5. The first-order chi connectivity index (χ1) is 11.9. The first-order valence-corrected chi connectivity index (χ1v) is 8.33. The van der Waals surface area contributed by atoms with Crippen molar-refractivity contribution in [2.45, 2.75) is 19.8 Å². The zero-order valence-electron chi connectivity index (χ0n) is 13.6. The number of nitrogens with zero attached hydrogens (tertiary/aromatic N) is 1. The minimum atomic E-state index is -0.345. The second-order valence-electron chi connectivity index (χ2n) is 5.36. The number of aryl methyl sites for hydroxylation is 1. The molecule has 25 heavy (non-hydrogen) atoms. The van der Waals surface area contributed by atoms with E-state index in [0.29, 0.717) is 15.7 Å². The Bertz CT molecular complexity index is 789. The van der Waals surface area contributed by atoms with E-state index >= 15 is 0 Å². The number of hydrazone groups is 1. The van der Waals surface area contributed by atoms with Crippen LogP contribution in [-0.2, 0) is 9.59 Å². The molecule has 0 bridgehead atoms. The summed E-state index contributed by atoms with van der Waals surface area (Å²) in [6, 6.07) is 12.3. The van der Waals surface area contributed by atoms with E-state index in [-0.39, 0.29) is 24.7 Å². The highest BCUT2D eigenvalue weighted by Gasteiger charge is 2.07. The van der Waals surface area contributed by atoms with Gasteiger partial charge in [-0.1, -0.05) is 41.4 Å². The predicted octanol–water partition coefficient (Wildman–Crippen LogP) is 4.17. The minimum absolute atomic E-state index is 0.0311. The molecule has 0 saturated heterocycles. The van der Waals surface area contributed by atoms with E-state index in [2.05, 4.69) is 15.8 Å². The molecule has 0 aliphatic rings. The molecule has 7 heteroatoms. The molecule has 0 fully saturated rings. The Balaban J connectivity index is 1.74. The van der Waals surface area contributed by atoms with Gasteiger partial charge in [0.05, 0.1) is 6.21 Å². The van der Waals surface area contributed by atoms with Crippen molar-refractivity contribution in [3.8, 4) is 0 Å². The third-order valence-corrected chi connectivity index (χ3v) is 3.97. The number of anilines is 1. The van der Waals surface area contributed by atoms with Crippen molar-refractivity contribution in [3.63, 3.8) is 0 Å². The molecule has 2 aromatic carbocycles. The zero-order chi connectivity index (χ0) is 18.2. The number of nitrogens with one attached hydrogen (secondary N) is 2. The molecular weight excluding hydrogens is 361 g/mol. The molecule has 130 valence electrons. The van der Waals surface area contributed by atoms with Gasteiger partial charge >= 0.3 is 0 Å². The standard InChI is InChI=1S/C18H17Cl2N3O2/c1-12-2-7-15(10-16(12)20)22-17(24)8-9-18(25)23-21-11-13-3-5-14(19)6-4-13/h2-7,10-11H,8-9H2,1H3,(H,22,24)(H,23,25). The minimum Gasteiger partial charge on any atom is -0.326 e. The lowest BCUT2D eigenvalue weighted by atomic mass is 10.2. The van der Waals surface area contributed by atoms with Crippen LogP contribution in [0.25, 0.3) is 0 Å². The summed E-state index contributed by atoms with van der Waals surface area (Å²) in [5, 5.41) is 7.74. The van der Waals surface area contributed by atoms with Crippen LogP contribution in [-0.4, -0.2) is 18.0 Å². The fourth-order valence-corrected chi connectivity index (χ4v) is 2.21. The molecule has 2 aromatic rings. The van der Waals surface area contributed by atoms with Gasteiger partial charge in [-0.05, 0) is 42.3 Å². The van der Waals surface area contributed by atoms with Crippen molar-refractivity contribution < 1.29 is 9.59 Å². The van der Waals surface area contributed by atoms with Crippen molar-refractivity contribution in [2.75, 3.05) is 5.32 Å². The number of carbonyl (C=O) groups excluding carboxylic acids is 2. The van der Waals surface area contributed by atoms with E-state index in [0.717, 1.165) is 11.1 Å². The van der Waals surface area contributed by atoms with Crippen molar-refractivity contribution in [1.82, 2.24) is 5.43 Å². The van der Waals surface area contributed by atoms with Crippen molar-refractivity contribution in [3.05, 3.63) is 63.6 Å². The number of hydrogen-bond donors (Lipinski definition) is 2. The molecule has 5 nitrogen and oxygen atoms in total. The summed E-state index contributed by atoms with van der Waals surface area (Å²) in [5.74, 6) is -0.612. The molecule has 2 N–H and O–H groups in total. The largest absolute Gasteiger partial charge is 0.326 e. The summed E-state index contributed by atoms with van der Waals surface area (Å²) in [5.41, 5.74) is 4.71. The van der Waals surface area contributed by atoms with Crippen molar-refractivity contribution in [2.24, 2.45) is 5.10 Å². The van der Waals surface area contributed by atoms with Crippen LogP contribution in [0, 0.1) is 6.92 Å². The topological polar surface area (TPSA) is 70.6 Å². The molecule has 0 unspecified atom stereocenters. The molecule has 0 atom stereocenters. The molecule has 0 aliphatic heterocycles. The number of amides is 2. The monoisotopic (exact) mass is 377 g/mol. The third kappa shape index (κ3) is 6.57. The Morgan fingerprint density at radius 1 is 1.04 bits per heavy atom. The van der Waals surface area contributed by atoms with Crippen LogP contribution in [0.3, 0.4) is 0 Å². The van der Waals surface area contributed by atoms with Gasteiger partial charge in [0, 0.05) is 28.6 Å². The molecule has 2 amide bonds. The SMILES string of the molecule is Cc1ccc(NC(=O)CCC(=O)NN=Cc2ccc(Cl)cc2)cc1Cl. The van der Waals surface area contributed by atoms with Crippen LogP contribution in [0.15, 0.2) is 47.6 Å². The number of carbonyl (C=O) groups is 2. The van der Waals surface area contributed by atoms with E-state index in [1.807, 2.05) is 13.0 Å². The van der Waals surface area contributed by atoms with E-state index in [1.54, 1.807) is 36.4 Å². The summed E-state index contributed by atoms with van der Waals surface area (Å²) in [6.45, 7) is 1.88. The molecule has 2 rings (SSSR count). The molecule has 0 aliphatic carbocycles. The molecule has 0 heterocycles. The predicted molar refractivity (Wildman–Crippen MR) is 101 cm³/mol. The van der Waals surface area contributed by atoms with Gasteiger partial charge < -0.3 is 5.32 Å². The summed E-state index contributed by atoms with van der Waals surface area (Å²) >= 11 is 11.8. The van der Waals surface area contributed by atoms with Gasteiger partial charge in [-0.2, -0.15) is 5.10 Å². The number of halogens is 2. The molecule has 0 saturated carbocycles. The zero-order valence-corrected chi connectivity index (χ0v) is 15.1. The molecule has 0 radical (unpaired) electrons. The van der Waals surface area contributed by atoms with E-state index in [9.17, 15) is 9.59 Å². The van der Waals surface area contributed by atoms with Gasteiger partial charge in [0.1, 0.15) is 0 Å². The lowest BCUT2D eigenvalue weighted by Crippen LogP contribution is -2.20. The maximum atomic E-state index is 11.9. The molecule has 0 aromatic heterocycles. The van der Waals surface area contributed by atoms with Gasteiger partial charge in [0.25, 0.3) is 0 Å². The Kier molecular flexibility index (Phi) is 6.98. The van der Waals surface area contributed by atoms with Crippen LogP contribution in [0.4, 0.5) is 5.69 Å². The Hall–Kier alpha value is -2.37. The van der Waals surface area contributed by atoms with Crippen molar-refractivity contribution >= 4 is 46.9 Å². The van der Waals surface area contributed by atoms with Gasteiger partial charge in [-0.25, -0.2) is 5.43 Å². The van der Waals surface area contributed by atoms with E-state index < -0.39 is 0 Å². The maximum absolute atomic E-state index is 11.9.